The van der Waals surface area contributed by atoms with Crippen LogP contribution in [0.25, 0.3) is 22.6 Å². The average Bonchev–Trinajstić information content (AvgIpc) is 2.92. The lowest BCUT2D eigenvalue weighted by molar-refractivity contribution is 0.628. The second kappa shape index (κ2) is 6.23. The van der Waals surface area contributed by atoms with E-state index in [0.29, 0.717) is 11.6 Å². The Balaban J connectivity index is 2.08. The van der Waals surface area contributed by atoms with Gasteiger partial charge in [0.15, 0.2) is 0 Å². The Morgan fingerprint density at radius 3 is 2.36 bits per heavy atom. The molecule has 112 valence electrons. The Morgan fingerprint density at radius 2 is 1.73 bits per heavy atom. The Morgan fingerprint density at radius 1 is 1.05 bits per heavy atom. The van der Waals surface area contributed by atoms with Gasteiger partial charge in [-0.1, -0.05) is 30.3 Å². The minimum atomic E-state index is -0.979. The number of hydrogen-bond acceptors (Lipinski definition) is 2. The lowest BCUT2D eigenvalue weighted by atomic mass is 10.1. The van der Waals surface area contributed by atoms with Crippen LogP contribution in [0, 0.1) is 5.82 Å². The van der Waals surface area contributed by atoms with E-state index in [4.69, 9.17) is 0 Å². The SMILES string of the molecule is CS(=O)Cc1[nH]c(-c2ccc(F)cc2)nc1-c1ccccc1. The molecule has 0 fully saturated rings. The van der Waals surface area contributed by atoms with Crippen LogP contribution < -0.4 is 0 Å². The van der Waals surface area contributed by atoms with Crippen LogP contribution in [0.2, 0.25) is 0 Å². The zero-order chi connectivity index (χ0) is 15.5. The van der Waals surface area contributed by atoms with Gasteiger partial charge in [-0.2, -0.15) is 0 Å². The molecule has 1 atom stereocenters. The molecule has 0 aliphatic heterocycles. The largest absolute Gasteiger partial charge is 0.341 e. The van der Waals surface area contributed by atoms with Crippen molar-refractivity contribution in [1.82, 2.24) is 9.97 Å². The van der Waals surface area contributed by atoms with Crippen molar-refractivity contribution < 1.29 is 8.60 Å². The van der Waals surface area contributed by atoms with Gasteiger partial charge in [0.1, 0.15) is 11.6 Å². The zero-order valence-corrected chi connectivity index (χ0v) is 12.9. The summed E-state index contributed by atoms with van der Waals surface area (Å²) < 4.78 is 24.7. The first kappa shape index (κ1) is 14.7. The number of nitrogens with one attached hydrogen (secondary N) is 1. The molecule has 5 heteroatoms. The van der Waals surface area contributed by atoms with Gasteiger partial charge in [0.25, 0.3) is 0 Å². The summed E-state index contributed by atoms with van der Waals surface area (Å²) in [6, 6.07) is 15.9. The topological polar surface area (TPSA) is 45.8 Å². The van der Waals surface area contributed by atoms with Gasteiger partial charge in [-0.3, -0.25) is 4.21 Å². The maximum absolute atomic E-state index is 13.1. The number of hydrogen-bond donors (Lipinski definition) is 1. The van der Waals surface area contributed by atoms with Crippen molar-refractivity contribution in [1.29, 1.82) is 0 Å². The van der Waals surface area contributed by atoms with E-state index in [-0.39, 0.29) is 5.82 Å². The first-order valence-electron chi connectivity index (χ1n) is 6.84. The van der Waals surface area contributed by atoms with Crippen LogP contribution in [0.3, 0.4) is 0 Å². The normalized spacial score (nSPS) is 12.3. The fourth-order valence-electron chi connectivity index (χ4n) is 2.30. The number of imidazole rings is 1. The molecule has 22 heavy (non-hydrogen) atoms. The van der Waals surface area contributed by atoms with Gasteiger partial charge < -0.3 is 4.98 Å². The van der Waals surface area contributed by atoms with E-state index < -0.39 is 10.8 Å². The first-order chi connectivity index (χ1) is 10.6. The van der Waals surface area contributed by atoms with E-state index in [9.17, 15) is 8.60 Å². The van der Waals surface area contributed by atoms with Crippen molar-refractivity contribution in [2.45, 2.75) is 5.75 Å². The Kier molecular flexibility index (Phi) is 4.15. The molecule has 0 saturated heterocycles. The van der Waals surface area contributed by atoms with E-state index >= 15 is 0 Å². The van der Waals surface area contributed by atoms with Crippen LogP contribution in [0.5, 0.6) is 0 Å². The zero-order valence-electron chi connectivity index (χ0n) is 12.0. The summed E-state index contributed by atoms with van der Waals surface area (Å²) in [6.45, 7) is 0. The number of aromatic nitrogens is 2. The van der Waals surface area contributed by atoms with Gasteiger partial charge in [0, 0.05) is 28.2 Å². The van der Waals surface area contributed by atoms with Gasteiger partial charge in [-0.15, -0.1) is 0 Å². The number of benzene rings is 2. The molecule has 1 aromatic heterocycles. The maximum Gasteiger partial charge on any atom is 0.138 e. The molecule has 3 aromatic rings. The van der Waals surface area contributed by atoms with Crippen LogP contribution in [0.15, 0.2) is 54.6 Å². The standard InChI is InChI=1S/C17H15FN2OS/c1-22(21)11-15-16(12-5-3-2-4-6-12)20-17(19-15)13-7-9-14(18)10-8-13/h2-10H,11H2,1H3,(H,19,20). The van der Waals surface area contributed by atoms with E-state index in [1.54, 1.807) is 18.4 Å². The molecule has 2 aromatic carbocycles. The molecule has 0 bridgehead atoms. The lowest BCUT2D eigenvalue weighted by Gasteiger charge is -2.00. The van der Waals surface area contributed by atoms with Crippen molar-refractivity contribution in [3.63, 3.8) is 0 Å². The smallest absolute Gasteiger partial charge is 0.138 e. The Bertz CT molecular complexity index is 797. The van der Waals surface area contributed by atoms with Crippen molar-refractivity contribution in [3.8, 4) is 22.6 Å². The first-order valence-corrected chi connectivity index (χ1v) is 8.56. The molecule has 0 radical (unpaired) electrons. The highest BCUT2D eigenvalue weighted by Gasteiger charge is 2.14. The minimum Gasteiger partial charge on any atom is -0.341 e. The van der Waals surface area contributed by atoms with Crippen molar-refractivity contribution in [2.75, 3.05) is 6.26 Å². The summed E-state index contributed by atoms with van der Waals surface area (Å²) in [4.78, 5) is 7.84. The quantitative estimate of drug-likeness (QED) is 0.797. The fraction of sp³-hybridized carbons (Fsp3) is 0.118. The monoisotopic (exact) mass is 314 g/mol. The number of rotatable bonds is 4. The van der Waals surface area contributed by atoms with Crippen molar-refractivity contribution in [3.05, 3.63) is 66.1 Å². The van der Waals surface area contributed by atoms with Crippen molar-refractivity contribution >= 4 is 10.8 Å². The van der Waals surface area contributed by atoms with Crippen LogP contribution in [-0.4, -0.2) is 20.4 Å². The molecule has 3 nitrogen and oxygen atoms in total. The number of nitrogens with zero attached hydrogens (tertiary/aromatic N) is 1. The molecule has 0 spiro atoms. The predicted molar refractivity (Wildman–Crippen MR) is 87.2 cm³/mol. The second-order valence-electron chi connectivity index (χ2n) is 5.00. The minimum absolute atomic E-state index is 0.284. The average molecular weight is 314 g/mol. The summed E-state index contributed by atoms with van der Waals surface area (Å²) in [7, 11) is -0.979. The summed E-state index contributed by atoms with van der Waals surface area (Å²) in [5.41, 5.74) is 3.38. The molecule has 3 rings (SSSR count). The summed E-state index contributed by atoms with van der Waals surface area (Å²) in [5, 5.41) is 0. The predicted octanol–water partition coefficient (Wildman–Crippen LogP) is 3.76. The molecule has 0 aliphatic rings. The van der Waals surface area contributed by atoms with E-state index in [1.807, 2.05) is 30.3 Å². The fourth-order valence-corrected chi connectivity index (χ4v) is 2.91. The second-order valence-corrected chi connectivity index (χ2v) is 6.44. The van der Waals surface area contributed by atoms with Crippen LogP contribution in [0.4, 0.5) is 4.39 Å². The number of H-pyrrole nitrogens is 1. The van der Waals surface area contributed by atoms with Gasteiger partial charge in [0.2, 0.25) is 0 Å². The van der Waals surface area contributed by atoms with Gasteiger partial charge >= 0.3 is 0 Å². The molecule has 0 saturated carbocycles. The number of aromatic amines is 1. The van der Waals surface area contributed by atoms with E-state index in [1.165, 1.54) is 12.1 Å². The Hall–Kier alpha value is -2.27. The molecule has 1 unspecified atom stereocenters. The molecular weight excluding hydrogens is 299 g/mol. The van der Waals surface area contributed by atoms with Crippen molar-refractivity contribution in [2.24, 2.45) is 0 Å². The highest BCUT2D eigenvalue weighted by Crippen LogP contribution is 2.26. The van der Waals surface area contributed by atoms with Crippen LogP contribution >= 0.6 is 0 Å². The lowest BCUT2D eigenvalue weighted by Crippen LogP contribution is -1.95. The third-order valence-corrected chi connectivity index (χ3v) is 3.99. The third-order valence-electron chi connectivity index (χ3n) is 3.29. The summed E-state index contributed by atoms with van der Waals surface area (Å²) >= 11 is 0. The van der Waals surface area contributed by atoms with E-state index in [0.717, 1.165) is 22.5 Å². The van der Waals surface area contributed by atoms with Gasteiger partial charge in [-0.25, -0.2) is 9.37 Å². The van der Waals surface area contributed by atoms with Gasteiger partial charge in [0.05, 0.1) is 17.1 Å². The molecule has 0 amide bonds. The van der Waals surface area contributed by atoms with Crippen LogP contribution in [-0.2, 0) is 16.6 Å². The summed E-state index contributed by atoms with van der Waals surface area (Å²) in [5.74, 6) is 0.770. The maximum atomic E-state index is 13.1. The van der Waals surface area contributed by atoms with Gasteiger partial charge in [-0.05, 0) is 24.3 Å². The summed E-state index contributed by atoms with van der Waals surface area (Å²) in [6.07, 6.45) is 1.66. The highest BCUT2D eigenvalue weighted by molar-refractivity contribution is 7.83. The Labute approximate surface area is 130 Å². The molecular formula is C17H15FN2OS. The third kappa shape index (κ3) is 3.14. The van der Waals surface area contributed by atoms with E-state index in [2.05, 4.69) is 9.97 Å². The molecule has 0 aliphatic carbocycles. The van der Waals surface area contributed by atoms with Crippen LogP contribution in [0.1, 0.15) is 5.69 Å². The molecule has 1 N–H and O–H groups in total. The molecule has 1 heterocycles. The highest BCUT2D eigenvalue weighted by atomic mass is 32.2. The number of halogens is 1.